The van der Waals surface area contributed by atoms with Crippen molar-refractivity contribution in [1.82, 2.24) is 0 Å². The molecule has 0 unspecified atom stereocenters. The lowest BCUT2D eigenvalue weighted by Crippen LogP contribution is -2.21. The maximum atomic E-state index is 11.6. The van der Waals surface area contributed by atoms with Gasteiger partial charge in [-0.25, -0.2) is 0 Å². The molecular formula is C17H24O. The number of ketones is 1. The first-order valence-corrected chi connectivity index (χ1v) is 7.31. The van der Waals surface area contributed by atoms with E-state index in [0.29, 0.717) is 5.78 Å². The van der Waals surface area contributed by atoms with Crippen molar-refractivity contribution in [1.29, 1.82) is 0 Å². The lowest BCUT2D eigenvalue weighted by molar-refractivity contribution is -0.117. The van der Waals surface area contributed by atoms with E-state index in [2.05, 4.69) is 38.1 Å². The third-order valence-electron chi connectivity index (χ3n) is 4.48. The molecule has 1 aliphatic carbocycles. The number of hydrogen-bond donors (Lipinski definition) is 0. The number of carbonyl (C=O) groups is 1. The predicted octanol–water partition coefficient (Wildman–Crippen LogP) is 4.43. The molecule has 0 aliphatic heterocycles. The van der Waals surface area contributed by atoms with E-state index in [1.54, 1.807) is 0 Å². The first-order valence-electron chi connectivity index (χ1n) is 7.31. The van der Waals surface area contributed by atoms with Crippen molar-refractivity contribution in [3.8, 4) is 0 Å². The molecule has 0 amide bonds. The second-order valence-electron chi connectivity index (χ2n) is 5.65. The summed E-state index contributed by atoms with van der Waals surface area (Å²) in [6.07, 6.45) is 7.31. The molecule has 2 rings (SSSR count). The van der Waals surface area contributed by atoms with Gasteiger partial charge in [0.1, 0.15) is 5.78 Å². The minimum atomic E-state index is 0.139. The first kappa shape index (κ1) is 13.3. The van der Waals surface area contributed by atoms with Crippen LogP contribution in [0, 0.1) is 0 Å². The molecule has 0 radical (unpaired) electrons. The summed E-state index contributed by atoms with van der Waals surface area (Å²) < 4.78 is 0. The van der Waals surface area contributed by atoms with Crippen LogP contribution in [0.4, 0.5) is 0 Å². The van der Waals surface area contributed by atoms with Crippen LogP contribution in [0.5, 0.6) is 0 Å². The van der Waals surface area contributed by atoms with Gasteiger partial charge in [0.05, 0.1) is 0 Å². The van der Waals surface area contributed by atoms with Gasteiger partial charge < -0.3 is 0 Å². The molecule has 0 bridgehead atoms. The van der Waals surface area contributed by atoms with E-state index in [0.717, 1.165) is 25.7 Å². The molecule has 1 heteroatoms. The van der Waals surface area contributed by atoms with Crippen molar-refractivity contribution in [2.75, 3.05) is 0 Å². The number of Topliss-reactive ketones (excluding diaryl/α,β-unsaturated/α-hetero) is 1. The molecule has 1 saturated carbocycles. The zero-order valence-electron chi connectivity index (χ0n) is 11.7. The van der Waals surface area contributed by atoms with Crippen LogP contribution in [0.3, 0.4) is 0 Å². The Balaban J connectivity index is 2.15. The second-order valence-corrected chi connectivity index (χ2v) is 5.65. The molecular weight excluding hydrogens is 220 g/mol. The molecule has 1 aromatic rings. The van der Waals surface area contributed by atoms with Crippen molar-refractivity contribution in [2.24, 2.45) is 0 Å². The van der Waals surface area contributed by atoms with E-state index in [4.69, 9.17) is 0 Å². The molecule has 0 spiro atoms. The monoisotopic (exact) mass is 244 g/mol. The molecule has 1 aliphatic rings. The molecule has 1 aromatic carbocycles. The molecule has 98 valence electrons. The normalized spacial score (nSPS) is 23.6. The Labute approximate surface area is 111 Å². The summed E-state index contributed by atoms with van der Waals surface area (Å²) in [5, 5.41) is 0. The van der Waals surface area contributed by atoms with Gasteiger partial charge in [0.25, 0.3) is 0 Å². The van der Waals surface area contributed by atoms with Crippen molar-refractivity contribution in [3.63, 3.8) is 0 Å². The third-order valence-corrected chi connectivity index (χ3v) is 4.48. The Kier molecular flexibility index (Phi) is 4.21. The standard InChI is InChI=1S/C17H24O/c1-3-5-6-14-7-9-15(10-8-14)17(4-2)12-11-16(18)13-17/h7-10H,3-6,11-13H2,1-2H3/t17-/m1/s1. The van der Waals surface area contributed by atoms with Crippen LogP contribution in [0.1, 0.15) is 63.5 Å². The maximum Gasteiger partial charge on any atom is 0.133 e. The van der Waals surface area contributed by atoms with Gasteiger partial charge in [-0.15, -0.1) is 0 Å². The molecule has 0 saturated heterocycles. The summed E-state index contributed by atoms with van der Waals surface area (Å²) in [5.74, 6) is 0.437. The van der Waals surface area contributed by atoms with Crippen molar-refractivity contribution in [2.45, 2.75) is 64.2 Å². The number of hydrogen-bond acceptors (Lipinski definition) is 1. The van der Waals surface area contributed by atoms with Crippen molar-refractivity contribution < 1.29 is 4.79 Å². The summed E-state index contributed by atoms with van der Waals surface area (Å²) >= 11 is 0. The van der Waals surface area contributed by atoms with Crippen molar-refractivity contribution in [3.05, 3.63) is 35.4 Å². The van der Waals surface area contributed by atoms with E-state index in [9.17, 15) is 4.79 Å². The fourth-order valence-corrected chi connectivity index (χ4v) is 3.09. The van der Waals surface area contributed by atoms with Gasteiger partial charge in [-0.3, -0.25) is 4.79 Å². The Bertz CT molecular complexity index is 404. The van der Waals surface area contributed by atoms with Gasteiger partial charge in [0.2, 0.25) is 0 Å². The molecule has 1 fully saturated rings. The van der Waals surface area contributed by atoms with Crippen LogP contribution in [-0.2, 0) is 16.6 Å². The third kappa shape index (κ3) is 2.66. The Morgan fingerprint density at radius 3 is 2.39 bits per heavy atom. The van der Waals surface area contributed by atoms with Crippen LogP contribution >= 0.6 is 0 Å². The lowest BCUT2D eigenvalue weighted by Gasteiger charge is -2.27. The van der Waals surface area contributed by atoms with Gasteiger partial charge in [-0.2, -0.15) is 0 Å². The first-order chi connectivity index (χ1) is 8.70. The maximum absolute atomic E-state index is 11.6. The van der Waals surface area contributed by atoms with E-state index in [-0.39, 0.29) is 5.41 Å². The molecule has 18 heavy (non-hydrogen) atoms. The minimum absolute atomic E-state index is 0.139. The van der Waals surface area contributed by atoms with Crippen LogP contribution in [0.15, 0.2) is 24.3 Å². The Morgan fingerprint density at radius 2 is 1.89 bits per heavy atom. The van der Waals surface area contributed by atoms with Crippen molar-refractivity contribution >= 4 is 5.78 Å². The number of rotatable bonds is 5. The summed E-state index contributed by atoms with van der Waals surface area (Å²) in [7, 11) is 0. The van der Waals surface area contributed by atoms with Gasteiger partial charge in [0.15, 0.2) is 0 Å². The summed E-state index contributed by atoms with van der Waals surface area (Å²) in [6, 6.07) is 9.02. The summed E-state index contributed by atoms with van der Waals surface area (Å²) in [4.78, 5) is 11.6. The van der Waals surface area contributed by atoms with Crippen LogP contribution < -0.4 is 0 Å². The fraction of sp³-hybridized carbons (Fsp3) is 0.588. The highest BCUT2D eigenvalue weighted by Crippen LogP contribution is 2.42. The van der Waals surface area contributed by atoms with E-state index in [1.165, 1.54) is 30.4 Å². The zero-order chi connectivity index (χ0) is 13.0. The number of benzene rings is 1. The zero-order valence-corrected chi connectivity index (χ0v) is 11.7. The fourth-order valence-electron chi connectivity index (χ4n) is 3.09. The largest absolute Gasteiger partial charge is 0.300 e. The summed E-state index contributed by atoms with van der Waals surface area (Å²) in [5.41, 5.74) is 2.94. The van der Waals surface area contributed by atoms with E-state index >= 15 is 0 Å². The van der Waals surface area contributed by atoms with Gasteiger partial charge in [-0.1, -0.05) is 44.5 Å². The minimum Gasteiger partial charge on any atom is -0.300 e. The number of aryl methyl sites for hydroxylation is 1. The van der Waals surface area contributed by atoms with Gasteiger partial charge in [-0.05, 0) is 36.8 Å². The van der Waals surface area contributed by atoms with Gasteiger partial charge >= 0.3 is 0 Å². The predicted molar refractivity (Wildman–Crippen MR) is 75.9 cm³/mol. The van der Waals surface area contributed by atoms with Crippen LogP contribution in [0.25, 0.3) is 0 Å². The second kappa shape index (κ2) is 5.69. The smallest absolute Gasteiger partial charge is 0.133 e. The SMILES string of the molecule is CCCCc1ccc([C@]2(CC)CCC(=O)C2)cc1. The molecule has 0 aromatic heterocycles. The molecule has 0 heterocycles. The van der Waals surface area contributed by atoms with Crippen LogP contribution in [0.2, 0.25) is 0 Å². The highest BCUT2D eigenvalue weighted by Gasteiger charge is 2.38. The Hall–Kier alpha value is -1.11. The number of carbonyl (C=O) groups excluding carboxylic acids is 1. The number of unbranched alkanes of at least 4 members (excludes halogenated alkanes) is 1. The quantitative estimate of drug-likeness (QED) is 0.749. The average Bonchev–Trinajstić information content (AvgIpc) is 2.80. The lowest BCUT2D eigenvalue weighted by atomic mass is 9.76. The summed E-state index contributed by atoms with van der Waals surface area (Å²) in [6.45, 7) is 4.44. The topological polar surface area (TPSA) is 17.1 Å². The Morgan fingerprint density at radius 1 is 1.17 bits per heavy atom. The van der Waals surface area contributed by atoms with E-state index < -0.39 is 0 Å². The molecule has 1 nitrogen and oxygen atoms in total. The van der Waals surface area contributed by atoms with E-state index in [1.807, 2.05) is 0 Å². The highest BCUT2D eigenvalue weighted by molar-refractivity contribution is 5.82. The molecule has 1 atom stereocenters. The molecule has 0 N–H and O–H groups in total. The van der Waals surface area contributed by atoms with Crippen LogP contribution in [-0.4, -0.2) is 5.78 Å². The highest BCUT2D eigenvalue weighted by atomic mass is 16.1. The van der Waals surface area contributed by atoms with Gasteiger partial charge in [0, 0.05) is 18.3 Å². The average molecular weight is 244 g/mol.